The fourth-order valence-electron chi connectivity index (χ4n) is 0.339. The number of hydrogen-bond acceptors (Lipinski definition) is 3. The van der Waals surface area contributed by atoms with Gasteiger partial charge in [-0.2, -0.15) is 0 Å². The average molecular weight is 142 g/mol. The molecule has 3 nitrogen and oxygen atoms in total. The zero-order valence-electron chi connectivity index (χ0n) is 5.87. The molecule has 0 aromatic heterocycles. The topological polar surface area (TPSA) is 35.5 Å². The molecule has 0 aliphatic rings. The minimum absolute atomic E-state index is 0.227. The van der Waals surface area contributed by atoms with Crippen molar-refractivity contribution in [1.82, 2.24) is 0 Å². The third kappa shape index (κ3) is 4.90. The molecule has 0 atom stereocenters. The van der Waals surface area contributed by atoms with E-state index in [4.69, 9.17) is 0 Å². The number of esters is 1. The molecule has 0 rings (SSSR count). The Hall–Kier alpha value is -1.25. The van der Waals surface area contributed by atoms with Crippen LogP contribution in [0.4, 0.5) is 0 Å². The van der Waals surface area contributed by atoms with Gasteiger partial charge in [0, 0.05) is 0 Å². The molecule has 0 radical (unpaired) electrons. The van der Waals surface area contributed by atoms with Crippen LogP contribution in [0.15, 0.2) is 25.2 Å². The number of carbonyl (C=O) groups is 1. The quantitative estimate of drug-likeness (QED) is 0.437. The summed E-state index contributed by atoms with van der Waals surface area (Å²) in [4.78, 5) is 10.4. The summed E-state index contributed by atoms with van der Waals surface area (Å²) in [5, 5.41) is 0. The molecule has 0 N–H and O–H groups in total. The van der Waals surface area contributed by atoms with E-state index in [1.165, 1.54) is 19.6 Å². The minimum Gasteiger partial charge on any atom is -0.474 e. The van der Waals surface area contributed by atoms with Gasteiger partial charge in [0.2, 0.25) is 0 Å². The fraction of sp³-hybridized carbons (Fsp3) is 0.286. The summed E-state index contributed by atoms with van der Waals surface area (Å²) < 4.78 is 8.96. The summed E-state index contributed by atoms with van der Waals surface area (Å²) in [6, 6.07) is 0. The van der Waals surface area contributed by atoms with Crippen molar-refractivity contribution in [3.05, 3.63) is 25.2 Å². The van der Waals surface area contributed by atoms with Crippen LogP contribution in [0, 0.1) is 0 Å². The Morgan fingerprint density at radius 2 is 2.40 bits per heavy atom. The van der Waals surface area contributed by atoms with E-state index in [1.807, 2.05) is 0 Å². The zero-order valence-corrected chi connectivity index (χ0v) is 5.87. The molecular weight excluding hydrogens is 132 g/mol. The first kappa shape index (κ1) is 8.75. The molecule has 56 valence electrons. The molecule has 0 saturated carbocycles. The average Bonchev–Trinajstić information content (AvgIpc) is 1.98. The highest BCUT2D eigenvalue weighted by Crippen LogP contribution is 1.86. The van der Waals surface area contributed by atoms with Crippen molar-refractivity contribution in [3.8, 4) is 0 Å². The van der Waals surface area contributed by atoms with Crippen molar-refractivity contribution < 1.29 is 14.3 Å². The van der Waals surface area contributed by atoms with Gasteiger partial charge in [0.05, 0.1) is 26.1 Å². The summed E-state index contributed by atoms with van der Waals surface area (Å²) in [6.45, 7) is 3.31. The number of ether oxygens (including phenoxy) is 2. The molecule has 10 heavy (non-hydrogen) atoms. The standard InChI is InChI=1S/C7H10O3/c1-3-10-6-4-5-7(8)9-2/h3-4,6H,1,5H2,2H3. The molecule has 3 heteroatoms. The van der Waals surface area contributed by atoms with Gasteiger partial charge in [-0.15, -0.1) is 0 Å². The molecule has 0 aliphatic heterocycles. The van der Waals surface area contributed by atoms with E-state index in [0.717, 1.165) is 0 Å². The van der Waals surface area contributed by atoms with Crippen LogP contribution >= 0.6 is 0 Å². The summed E-state index contributed by atoms with van der Waals surface area (Å²) in [7, 11) is 1.34. The Kier molecular flexibility index (Phi) is 5.14. The van der Waals surface area contributed by atoms with Crippen molar-refractivity contribution in [2.45, 2.75) is 6.42 Å². The predicted molar refractivity (Wildman–Crippen MR) is 37.1 cm³/mol. The summed E-state index contributed by atoms with van der Waals surface area (Å²) >= 11 is 0. The molecule has 0 spiro atoms. The SMILES string of the molecule is C=COC=CCC(=O)OC. The molecule has 0 aromatic carbocycles. The molecule has 0 fully saturated rings. The highest BCUT2D eigenvalue weighted by Gasteiger charge is 1.92. The normalized spacial score (nSPS) is 9.30. The maximum atomic E-state index is 10.4. The molecule has 0 amide bonds. The molecular formula is C7H10O3. The third-order valence-electron chi connectivity index (χ3n) is 0.783. The van der Waals surface area contributed by atoms with E-state index in [1.54, 1.807) is 6.08 Å². The summed E-state index contributed by atoms with van der Waals surface area (Å²) in [5.74, 6) is -0.288. The largest absolute Gasteiger partial charge is 0.474 e. The first-order valence-electron chi connectivity index (χ1n) is 2.79. The van der Waals surface area contributed by atoms with E-state index in [0.29, 0.717) is 0 Å². The van der Waals surface area contributed by atoms with Crippen molar-refractivity contribution in [1.29, 1.82) is 0 Å². The maximum Gasteiger partial charge on any atom is 0.309 e. The molecule has 0 aliphatic carbocycles. The van der Waals surface area contributed by atoms with E-state index in [2.05, 4.69) is 16.1 Å². The lowest BCUT2D eigenvalue weighted by Crippen LogP contribution is -1.96. The number of carbonyl (C=O) groups excluding carboxylic acids is 1. The maximum absolute atomic E-state index is 10.4. The lowest BCUT2D eigenvalue weighted by atomic mass is 10.4. The highest BCUT2D eigenvalue weighted by atomic mass is 16.5. The summed E-state index contributed by atoms with van der Waals surface area (Å²) in [6.07, 6.45) is 4.43. The number of hydrogen-bond donors (Lipinski definition) is 0. The van der Waals surface area contributed by atoms with Crippen LogP contribution in [-0.4, -0.2) is 13.1 Å². The van der Waals surface area contributed by atoms with Crippen LogP contribution < -0.4 is 0 Å². The minimum atomic E-state index is -0.288. The Bertz CT molecular complexity index is 138. The van der Waals surface area contributed by atoms with Gasteiger partial charge < -0.3 is 9.47 Å². The van der Waals surface area contributed by atoms with Gasteiger partial charge in [-0.25, -0.2) is 0 Å². The molecule has 0 unspecified atom stereocenters. The lowest BCUT2D eigenvalue weighted by Gasteiger charge is -1.91. The second kappa shape index (κ2) is 5.88. The zero-order chi connectivity index (χ0) is 7.82. The van der Waals surface area contributed by atoms with Gasteiger partial charge >= 0.3 is 5.97 Å². The van der Waals surface area contributed by atoms with Gasteiger partial charge in [0.15, 0.2) is 0 Å². The van der Waals surface area contributed by atoms with E-state index in [9.17, 15) is 4.79 Å². The molecule has 0 bridgehead atoms. The third-order valence-corrected chi connectivity index (χ3v) is 0.783. The van der Waals surface area contributed by atoms with Crippen molar-refractivity contribution >= 4 is 5.97 Å². The van der Waals surface area contributed by atoms with Crippen molar-refractivity contribution in [2.75, 3.05) is 7.11 Å². The van der Waals surface area contributed by atoms with Gasteiger partial charge in [-0.1, -0.05) is 6.58 Å². The Labute approximate surface area is 59.9 Å². The van der Waals surface area contributed by atoms with Gasteiger partial charge in [0.1, 0.15) is 0 Å². The van der Waals surface area contributed by atoms with Gasteiger partial charge in [0.25, 0.3) is 0 Å². The van der Waals surface area contributed by atoms with Crippen LogP contribution in [0.3, 0.4) is 0 Å². The lowest BCUT2D eigenvalue weighted by molar-refractivity contribution is -0.139. The highest BCUT2D eigenvalue weighted by molar-refractivity contribution is 5.70. The monoisotopic (exact) mass is 142 g/mol. The first-order valence-corrected chi connectivity index (χ1v) is 2.79. The van der Waals surface area contributed by atoms with Crippen LogP contribution in [0.5, 0.6) is 0 Å². The predicted octanol–water partition coefficient (Wildman–Crippen LogP) is 1.22. The Morgan fingerprint density at radius 1 is 1.70 bits per heavy atom. The van der Waals surface area contributed by atoms with E-state index >= 15 is 0 Å². The number of methoxy groups -OCH3 is 1. The second-order valence-electron chi connectivity index (χ2n) is 1.45. The molecule has 0 heterocycles. The fourth-order valence-corrected chi connectivity index (χ4v) is 0.339. The van der Waals surface area contributed by atoms with Crippen molar-refractivity contribution in [3.63, 3.8) is 0 Å². The molecule has 0 aromatic rings. The Morgan fingerprint density at radius 3 is 2.90 bits per heavy atom. The van der Waals surface area contributed by atoms with Gasteiger partial charge in [-0.3, -0.25) is 4.79 Å². The van der Waals surface area contributed by atoms with Gasteiger partial charge in [-0.05, 0) is 6.08 Å². The Balaban J connectivity index is 3.33. The second-order valence-corrected chi connectivity index (χ2v) is 1.45. The van der Waals surface area contributed by atoms with E-state index < -0.39 is 0 Å². The van der Waals surface area contributed by atoms with Crippen LogP contribution in [-0.2, 0) is 14.3 Å². The first-order chi connectivity index (χ1) is 4.81. The smallest absolute Gasteiger partial charge is 0.309 e. The van der Waals surface area contributed by atoms with Crippen LogP contribution in [0.25, 0.3) is 0 Å². The number of rotatable bonds is 4. The summed E-state index contributed by atoms with van der Waals surface area (Å²) in [5.41, 5.74) is 0. The van der Waals surface area contributed by atoms with Crippen LogP contribution in [0.1, 0.15) is 6.42 Å². The van der Waals surface area contributed by atoms with Crippen molar-refractivity contribution in [2.24, 2.45) is 0 Å². The van der Waals surface area contributed by atoms with Crippen LogP contribution in [0.2, 0.25) is 0 Å². The van der Waals surface area contributed by atoms with E-state index in [-0.39, 0.29) is 12.4 Å². The molecule has 0 saturated heterocycles.